The first-order valence-corrected chi connectivity index (χ1v) is 5.71. The fourth-order valence-corrected chi connectivity index (χ4v) is 1.27. The fraction of sp³-hybridized carbons (Fsp3) is 0.769. The average molecular weight is 211 g/mol. The summed E-state index contributed by atoms with van der Waals surface area (Å²) in [5.74, 6) is 6.07. The van der Waals surface area contributed by atoms with E-state index >= 15 is 0 Å². The SMILES string of the molecule is [2H]C(=O)CCC(C#CCCCCCC)OC. The van der Waals surface area contributed by atoms with Crippen LogP contribution in [0.2, 0.25) is 0 Å². The van der Waals surface area contributed by atoms with Crippen LogP contribution in [0.15, 0.2) is 0 Å². The third kappa shape index (κ3) is 9.49. The molecule has 0 rings (SSSR count). The monoisotopic (exact) mass is 211 g/mol. The maximum absolute atomic E-state index is 10.5. The predicted molar refractivity (Wildman–Crippen MR) is 62.6 cm³/mol. The molecule has 0 spiro atoms. The lowest BCUT2D eigenvalue weighted by Crippen LogP contribution is -2.07. The highest BCUT2D eigenvalue weighted by Crippen LogP contribution is 2.02. The number of ether oxygens (including phenoxy) is 1. The Balaban J connectivity index is 3.66. The maximum atomic E-state index is 10.5. The van der Waals surface area contributed by atoms with Gasteiger partial charge in [0.15, 0.2) is 0 Å². The standard InChI is InChI=1S/C13H22O2/c1-3-4-5-6-7-8-10-13(15-2)11-9-12-14/h12-13H,3-7,9,11H2,1-2H3/i12D. The molecule has 0 bridgehead atoms. The van der Waals surface area contributed by atoms with Gasteiger partial charge in [-0.05, 0) is 12.8 Å². The van der Waals surface area contributed by atoms with Gasteiger partial charge in [-0.1, -0.05) is 32.1 Å². The molecule has 0 fully saturated rings. The van der Waals surface area contributed by atoms with E-state index in [1.165, 1.54) is 19.3 Å². The van der Waals surface area contributed by atoms with Crippen molar-refractivity contribution in [3.8, 4) is 11.8 Å². The van der Waals surface area contributed by atoms with Crippen LogP contribution in [-0.4, -0.2) is 19.5 Å². The van der Waals surface area contributed by atoms with Gasteiger partial charge in [0, 0.05) is 20.0 Å². The van der Waals surface area contributed by atoms with Crippen molar-refractivity contribution in [2.75, 3.05) is 7.11 Å². The highest BCUT2D eigenvalue weighted by atomic mass is 16.5. The Morgan fingerprint density at radius 2 is 2.27 bits per heavy atom. The molecule has 0 saturated carbocycles. The zero-order valence-electron chi connectivity index (χ0n) is 10.8. The van der Waals surface area contributed by atoms with E-state index < -0.39 is 6.26 Å². The lowest BCUT2D eigenvalue weighted by molar-refractivity contribution is -0.108. The molecule has 0 radical (unpaired) electrons. The third-order valence-electron chi connectivity index (χ3n) is 2.21. The van der Waals surface area contributed by atoms with Crippen molar-refractivity contribution in [1.82, 2.24) is 0 Å². The number of rotatable bonds is 8. The van der Waals surface area contributed by atoms with Crippen LogP contribution in [-0.2, 0) is 9.53 Å². The van der Waals surface area contributed by atoms with Gasteiger partial charge in [-0.15, -0.1) is 5.92 Å². The molecule has 15 heavy (non-hydrogen) atoms. The van der Waals surface area contributed by atoms with Crippen molar-refractivity contribution >= 4 is 6.26 Å². The summed E-state index contributed by atoms with van der Waals surface area (Å²) in [4.78, 5) is 10.5. The summed E-state index contributed by atoms with van der Waals surface area (Å²) in [6, 6.07) is 0. The molecule has 2 nitrogen and oxygen atoms in total. The van der Waals surface area contributed by atoms with E-state index in [0.717, 1.165) is 12.8 Å². The molecule has 0 saturated heterocycles. The molecule has 86 valence electrons. The van der Waals surface area contributed by atoms with Gasteiger partial charge in [-0.25, -0.2) is 0 Å². The van der Waals surface area contributed by atoms with Crippen LogP contribution in [0.25, 0.3) is 0 Å². The van der Waals surface area contributed by atoms with Crippen LogP contribution in [0.4, 0.5) is 0 Å². The summed E-state index contributed by atoms with van der Waals surface area (Å²) in [6.07, 6.45) is 5.77. The van der Waals surface area contributed by atoms with Gasteiger partial charge in [-0.2, -0.15) is 0 Å². The van der Waals surface area contributed by atoms with Crippen LogP contribution >= 0.6 is 0 Å². The largest absolute Gasteiger partial charge is 0.369 e. The number of methoxy groups -OCH3 is 1. The third-order valence-corrected chi connectivity index (χ3v) is 2.21. The first-order valence-electron chi connectivity index (χ1n) is 6.21. The number of hydrogen-bond acceptors (Lipinski definition) is 2. The van der Waals surface area contributed by atoms with Crippen LogP contribution in [0.1, 0.15) is 53.2 Å². The van der Waals surface area contributed by atoms with Crippen LogP contribution in [0, 0.1) is 11.8 Å². The Bertz CT molecular complexity index is 240. The lowest BCUT2D eigenvalue weighted by Gasteiger charge is -2.04. The zero-order valence-corrected chi connectivity index (χ0v) is 9.84. The van der Waals surface area contributed by atoms with Crippen molar-refractivity contribution in [1.29, 1.82) is 0 Å². The smallest absolute Gasteiger partial charge is 0.120 e. The van der Waals surface area contributed by atoms with Crippen LogP contribution in [0.5, 0.6) is 0 Å². The summed E-state index contributed by atoms with van der Waals surface area (Å²) < 4.78 is 11.9. The molecule has 0 aliphatic carbocycles. The highest BCUT2D eigenvalue weighted by Gasteiger charge is 2.00. The molecule has 0 N–H and O–H groups in total. The molecule has 2 heteroatoms. The second kappa shape index (κ2) is 11.3. The minimum absolute atomic E-state index is 0.194. The number of carbonyl (C=O) groups is 1. The Morgan fingerprint density at radius 3 is 2.87 bits per heavy atom. The Kier molecular flexibility index (Phi) is 9.21. The zero-order chi connectivity index (χ0) is 12.2. The molecule has 0 aromatic rings. The maximum Gasteiger partial charge on any atom is 0.120 e. The van der Waals surface area contributed by atoms with Gasteiger partial charge in [0.2, 0.25) is 0 Å². The van der Waals surface area contributed by atoms with Crippen molar-refractivity contribution in [2.24, 2.45) is 0 Å². The summed E-state index contributed by atoms with van der Waals surface area (Å²) in [6.45, 7) is 2.19. The topological polar surface area (TPSA) is 26.3 Å². The molecular weight excluding hydrogens is 188 g/mol. The van der Waals surface area contributed by atoms with Gasteiger partial charge < -0.3 is 9.53 Å². The first-order chi connectivity index (χ1) is 7.70. The van der Waals surface area contributed by atoms with E-state index in [-0.39, 0.29) is 12.5 Å². The van der Waals surface area contributed by atoms with E-state index in [2.05, 4.69) is 18.8 Å². The summed E-state index contributed by atoms with van der Waals surface area (Å²) >= 11 is 0. The van der Waals surface area contributed by atoms with E-state index in [4.69, 9.17) is 6.11 Å². The summed E-state index contributed by atoms with van der Waals surface area (Å²) in [5.41, 5.74) is 0. The first kappa shape index (κ1) is 12.3. The van der Waals surface area contributed by atoms with Crippen LogP contribution in [0.3, 0.4) is 0 Å². The van der Waals surface area contributed by atoms with Gasteiger partial charge in [0.1, 0.15) is 13.7 Å². The molecule has 0 aromatic carbocycles. The van der Waals surface area contributed by atoms with Gasteiger partial charge in [-0.3, -0.25) is 0 Å². The second-order valence-electron chi connectivity index (χ2n) is 3.54. The van der Waals surface area contributed by atoms with Gasteiger partial charge >= 0.3 is 0 Å². The van der Waals surface area contributed by atoms with E-state index in [9.17, 15) is 4.79 Å². The van der Waals surface area contributed by atoms with Gasteiger partial charge in [0.05, 0.1) is 0 Å². The number of carbonyl (C=O) groups excluding carboxylic acids is 1. The quantitative estimate of drug-likeness (QED) is 0.350. The molecule has 1 atom stereocenters. The van der Waals surface area contributed by atoms with Crippen molar-refractivity contribution in [3.05, 3.63) is 0 Å². The van der Waals surface area contributed by atoms with E-state index in [1.54, 1.807) is 7.11 Å². The lowest BCUT2D eigenvalue weighted by atomic mass is 10.1. The molecule has 0 aromatic heterocycles. The number of aldehydes is 1. The summed E-state index contributed by atoms with van der Waals surface area (Å²) in [5, 5.41) is 0. The number of hydrogen-bond donors (Lipinski definition) is 0. The van der Waals surface area contributed by atoms with Crippen LogP contribution < -0.4 is 0 Å². The highest BCUT2D eigenvalue weighted by molar-refractivity contribution is 5.49. The number of unbranched alkanes of at least 4 members (excludes halogenated alkanes) is 4. The average Bonchev–Trinajstić information content (AvgIpc) is 2.27. The predicted octanol–water partition coefficient (Wildman–Crippen LogP) is 2.95. The normalized spacial score (nSPS) is 12.5. The van der Waals surface area contributed by atoms with Gasteiger partial charge in [0.25, 0.3) is 0 Å². The van der Waals surface area contributed by atoms with E-state index in [0.29, 0.717) is 6.42 Å². The minimum Gasteiger partial charge on any atom is -0.369 e. The fourth-order valence-electron chi connectivity index (χ4n) is 1.27. The molecule has 1 unspecified atom stereocenters. The molecule has 0 amide bonds. The minimum atomic E-state index is -0.549. The Morgan fingerprint density at radius 1 is 1.47 bits per heavy atom. The molecular formula is C13H22O2. The molecule has 0 heterocycles. The van der Waals surface area contributed by atoms with Crippen molar-refractivity contribution in [3.63, 3.8) is 0 Å². The summed E-state index contributed by atoms with van der Waals surface area (Å²) in [7, 11) is 1.59. The Hall–Kier alpha value is -0.810. The molecule has 0 aliphatic heterocycles. The van der Waals surface area contributed by atoms with Crippen molar-refractivity contribution in [2.45, 2.75) is 58.0 Å². The van der Waals surface area contributed by atoms with E-state index in [1.807, 2.05) is 0 Å². The molecule has 0 aliphatic rings. The van der Waals surface area contributed by atoms with Crippen molar-refractivity contribution < 1.29 is 10.9 Å². The second-order valence-corrected chi connectivity index (χ2v) is 3.54. The Labute approximate surface area is 94.8 Å².